The van der Waals surface area contributed by atoms with Gasteiger partial charge in [0.25, 0.3) is 0 Å². The molecule has 0 spiro atoms. The van der Waals surface area contributed by atoms with E-state index in [2.05, 4.69) is 10.6 Å². The van der Waals surface area contributed by atoms with Crippen LogP contribution in [0.2, 0.25) is 0 Å². The molecule has 0 unspecified atom stereocenters. The van der Waals surface area contributed by atoms with Gasteiger partial charge in [-0.2, -0.15) is 0 Å². The zero-order chi connectivity index (χ0) is 19.4. The Hall–Kier alpha value is -3.74. The van der Waals surface area contributed by atoms with Crippen LogP contribution in [0.25, 0.3) is 0 Å². The van der Waals surface area contributed by atoms with E-state index < -0.39 is 0 Å². The average Bonchev–Trinajstić information content (AvgIpc) is 2.67. The number of aromatic hydroxyl groups is 3. The molecule has 0 fully saturated rings. The molecule has 0 amide bonds. The summed E-state index contributed by atoms with van der Waals surface area (Å²) in [7, 11) is 2.92. The summed E-state index contributed by atoms with van der Waals surface area (Å²) in [5.41, 5.74) is 1.57. The van der Waals surface area contributed by atoms with Gasteiger partial charge in [0.05, 0.1) is 31.3 Å². The molecule has 0 saturated heterocycles. The van der Waals surface area contributed by atoms with Crippen LogP contribution in [0.3, 0.4) is 0 Å². The van der Waals surface area contributed by atoms with Crippen molar-refractivity contribution in [2.45, 2.75) is 0 Å². The Morgan fingerprint density at radius 2 is 1.11 bits per heavy atom. The van der Waals surface area contributed by atoms with E-state index in [9.17, 15) is 15.3 Å². The molecule has 3 rings (SSSR count). The molecule has 5 N–H and O–H groups in total. The third-order valence-corrected chi connectivity index (χ3v) is 4.01. The summed E-state index contributed by atoms with van der Waals surface area (Å²) in [6, 6.07) is 14.9. The summed E-state index contributed by atoms with van der Waals surface area (Å²) in [6.45, 7) is 0. The average molecular weight is 368 g/mol. The molecular formula is C20H20N2O5. The first-order chi connectivity index (χ1) is 13.0. The van der Waals surface area contributed by atoms with Gasteiger partial charge in [0.1, 0.15) is 11.4 Å². The van der Waals surface area contributed by atoms with Gasteiger partial charge in [0.2, 0.25) is 0 Å². The fourth-order valence-corrected chi connectivity index (χ4v) is 2.63. The second-order valence-corrected chi connectivity index (χ2v) is 5.66. The number of ether oxygens (including phenoxy) is 2. The van der Waals surface area contributed by atoms with Crippen LogP contribution in [-0.4, -0.2) is 29.5 Å². The molecule has 3 aromatic rings. The predicted molar refractivity (Wildman–Crippen MR) is 104 cm³/mol. The van der Waals surface area contributed by atoms with Crippen LogP contribution >= 0.6 is 0 Å². The topological polar surface area (TPSA) is 103 Å². The fourth-order valence-electron chi connectivity index (χ4n) is 2.63. The first kappa shape index (κ1) is 18.1. The largest absolute Gasteiger partial charge is 0.506 e. The maximum Gasteiger partial charge on any atom is 0.181 e. The maximum absolute atomic E-state index is 10.3. The normalized spacial score (nSPS) is 10.3. The third kappa shape index (κ3) is 3.62. The van der Waals surface area contributed by atoms with Gasteiger partial charge in [-0.1, -0.05) is 18.2 Å². The molecule has 0 radical (unpaired) electrons. The molecule has 0 aliphatic carbocycles. The summed E-state index contributed by atoms with van der Waals surface area (Å²) in [4.78, 5) is 0. The molecule has 0 heterocycles. The van der Waals surface area contributed by atoms with E-state index in [0.29, 0.717) is 34.2 Å². The quantitative estimate of drug-likeness (QED) is 0.413. The minimum atomic E-state index is -0.0848. The number of benzene rings is 3. The molecule has 27 heavy (non-hydrogen) atoms. The summed E-state index contributed by atoms with van der Waals surface area (Å²) < 4.78 is 10.2. The smallest absolute Gasteiger partial charge is 0.181 e. The highest BCUT2D eigenvalue weighted by Gasteiger charge is 2.15. The highest BCUT2D eigenvalue weighted by molar-refractivity contribution is 5.86. The zero-order valence-corrected chi connectivity index (χ0v) is 14.9. The van der Waals surface area contributed by atoms with Crippen LogP contribution in [-0.2, 0) is 0 Å². The molecule has 3 aromatic carbocycles. The van der Waals surface area contributed by atoms with Crippen molar-refractivity contribution in [3.05, 3.63) is 54.6 Å². The molecule has 0 aliphatic rings. The molecule has 140 valence electrons. The Bertz CT molecular complexity index is 959. The number of phenols is 3. The number of rotatable bonds is 6. The molecule has 0 atom stereocenters. The fraction of sp³-hybridized carbons (Fsp3) is 0.100. The standard InChI is InChI=1S/C20H20N2O5/c1-26-16-10-4-7-13(19(16)24)21-12-6-3-9-15(23)18(12)22-14-8-5-11-17(27-2)20(14)25/h3-11,21-25H,1-2H3. The van der Waals surface area contributed by atoms with Crippen LogP contribution in [0.5, 0.6) is 28.7 Å². The lowest BCUT2D eigenvalue weighted by Crippen LogP contribution is -1.99. The molecule has 0 aromatic heterocycles. The van der Waals surface area contributed by atoms with Crippen molar-refractivity contribution >= 4 is 22.7 Å². The summed E-state index contributed by atoms with van der Waals surface area (Å²) in [5.74, 6) is 0.442. The molecular weight excluding hydrogens is 348 g/mol. The Morgan fingerprint density at radius 3 is 1.67 bits per heavy atom. The van der Waals surface area contributed by atoms with Crippen LogP contribution in [0.15, 0.2) is 54.6 Å². The van der Waals surface area contributed by atoms with E-state index in [1.165, 1.54) is 20.3 Å². The molecule has 0 saturated carbocycles. The Labute approximate surface area is 156 Å². The number of hydrogen-bond acceptors (Lipinski definition) is 7. The lowest BCUT2D eigenvalue weighted by Gasteiger charge is -2.18. The van der Waals surface area contributed by atoms with E-state index in [1.54, 1.807) is 48.5 Å². The van der Waals surface area contributed by atoms with Crippen molar-refractivity contribution in [2.75, 3.05) is 24.9 Å². The Morgan fingerprint density at radius 1 is 0.630 bits per heavy atom. The number of para-hydroxylation sites is 3. The van der Waals surface area contributed by atoms with E-state index in [4.69, 9.17) is 9.47 Å². The number of hydrogen-bond donors (Lipinski definition) is 5. The number of methoxy groups -OCH3 is 2. The first-order valence-electron chi connectivity index (χ1n) is 8.13. The van der Waals surface area contributed by atoms with Gasteiger partial charge in [0, 0.05) is 0 Å². The summed E-state index contributed by atoms with van der Waals surface area (Å²) in [6.07, 6.45) is 0. The van der Waals surface area contributed by atoms with Crippen LogP contribution < -0.4 is 20.1 Å². The van der Waals surface area contributed by atoms with Crippen LogP contribution in [0, 0.1) is 0 Å². The van der Waals surface area contributed by atoms with Gasteiger partial charge < -0.3 is 35.4 Å². The Balaban J connectivity index is 1.99. The van der Waals surface area contributed by atoms with Crippen molar-refractivity contribution in [2.24, 2.45) is 0 Å². The van der Waals surface area contributed by atoms with Crippen molar-refractivity contribution in [3.63, 3.8) is 0 Å². The molecule has 0 aliphatic heterocycles. The van der Waals surface area contributed by atoms with E-state index in [-0.39, 0.29) is 17.2 Å². The monoisotopic (exact) mass is 368 g/mol. The number of nitrogens with one attached hydrogen (secondary N) is 2. The summed E-state index contributed by atoms with van der Waals surface area (Å²) >= 11 is 0. The van der Waals surface area contributed by atoms with E-state index in [0.717, 1.165) is 0 Å². The van der Waals surface area contributed by atoms with Gasteiger partial charge in [0.15, 0.2) is 23.0 Å². The van der Waals surface area contributed by atoms with Gasteiger partial charge >= 0.3 is 0 Å². The first-order valence-corrected chi connectivity index (χ1v) is 8.13. The molecule has 7 heteroatoms. The Kier molecular flexibility index (Phi) is 5.12. The van der Waals surface area contributed by atoms with Gasteiger partial charge in [-0.3, -0.25) is 0 Å². The second-order valence-electron chi connectivity index (χ2n) is 5.66. The maximum atomic E-state index is 10.3. The van der Waals surface area contributed by atoms with Gasteiger partial charge in [-0.15, -0.1) is 0 Å². The SMILES string of the molecule is COc1cccc(Nc2cccc(O)c2Nc2cccc(OC)c2O)c1O. The van der Waals surface area contributed by atoms with Gasteiger partial charge in [-0.05, 0) is 36.4 Å². The molecule has 0 bridgehead atoms. The minimum absolute atomic E-state index is 0.0374. The summed E-state index contributed by atoms with van der Waals surface area (Å²) in [5, 5.41) is 36.9. The molecule has 7 nitrogen and oxygen atoms in total. The lowest BCUT2D eigenvalue weighted by atomic mass is 10.2. The van der Waals surface area contributed by atoms with E-state index in [1.807, 2.05) is 0 Å². The highest BCUT2D eigenvalue weighted by Crippen LogP contribution is 2.42. The van der Waals surface area contributed by atoms with E-state index >= 15 is 0 Å². The van der Waals surface area contributed by atoms with Crippen molar-refractivity contribution in [1.29, 1.82) is 0 Å². The minimum Gasteiger partial charge on any atom is -0.506 e. The van der Waals surface area contributed by atoms with Crippen molar-refractivity contribution in [1.82, 2.24) is 0 Å². The van der Waals surface area contributed by atoms with Crippen LogP contribution in [0.4, 0.5) is 22.7 Å². The van der Waals surface area contributed by atoms with Crippen molar-refractivity contribution < 1.29 is 24.8 Å². The lowest BCUT2D eigenvalue weighted by molar-refractivity contribution is 0.374. The zero-order valence-electron chi connectivity index (χ0n) is 14.9. The van der Waals surface area contributed by atoms with Gasteiger partial charge in [-0.25, -0.2) is 0 Å². The second kappa shape index (κ2) is 7.65. The predicted octanol–water partition coefficient (Wildman–Crippen LogP) is 4.31. The third-order valence-electron chi connectivity index (χ3n) is 4.01. The highest BCUT2D eigenvalue weighted by atomic mass is 16.5. The number of anilines is 4. The number of phenolic OH excluding ortho intramolecular Hbond substituents is 3. The van der Waals surface area contributed by atoms with Crippen LogP contribution in [0.1, 0.15) is 0 Å². The van der Waals surface area contributed by atoms with Crippen molar-refractivity contribution in [3.8, 4) is 28.7 Å².